The molecule has 0 aliphatic carbocycles. The molecular formula is C14H14Cl2N2O2S. The number of hydrogen-bond donors (Lipinski definition) is 2. The molecule has 0 aliphatic rings. The summed E-state index contributed by atoms with van der Waals surface area (Å²) in [6, 6.07) is 11.6. The van der Waals surface area contributed by atoms with E-state index in [4.69, 9.17) is 28.9 Å². The highest BCUT2D eigenvalue weighted by molar-refractivity contribution is 7.89. The Labute approximate surface area is 133 Å². The number of benzene rings is 2. The summed E-state index contributed by atoms with van der Waals surface area (Å²) >= 11 is 11.7. The van der Waals surface area contributed by atoms with Crippen LogP contribution in [0.4, 0.5) is 5.69 Å². The van der Waals surface area contributed by atoms with Gasteiger partial charge in [-0.05, 0) is 42.3 Å². The minimum Gasteiger partial charge on any atom is -0.399 e. The molecule has 2 aromatic carbocycles. The Morgan fingerprint density at radius 3 is 2.38 bits per heavy atom. The first-order chi connectivity index (χ1) is 9.88. The second kappa shape index (κ2) is 6.66. The van der Waals surface area contributed by atoms with E-state index in [0.717, 1.165) is 5.56 Å². The van der Waals surface area contributed by atoms with Gasteiger partial charge >= 0.3 is 0 Å². The zero-order chi connectivity index (χ0) is 15.5. The smallest absolute Gasteiger partial charge is 0.242 e. The van der Waals surface area contributed by atoms with E-state index in [1.54, 1.807) is 12.1 Å². The van der Waals surface area contributed by atoms with Gasteiger partial charge in [-0.1, -0.05) is 35.3 Å². The van der Waals surface area contributed by atoms with Gasteiger partial charge in [-0.15, -0.1) is 0 Å². The van der Waals surface area contributed by atoms with Gasteiger partial charge in [0.1, 0.15) is 4.90 Å². The van der Waals surface area contributed by atoms with E-state index in [2.05, 4.69) is 4.72 Å². The number of nitrogen functional groups attached to an aromatic ring is 1. The van der Waals surface area contributed by atoms with Crippen LogP contribution in [0.2, 0.25) is 10.0 Å². The lowest BCUT2D eigenvalue weighted by atomic mass is 10.1. The quantitative estimate of drug-likeness (QED) is 0.818. The molecule has 0 spiro atoms. The topological polar surface area (TPSA) is 72.2 Å². The normalized spacial score (nSPS) is 11.5. The minimum atomic E-state index is -3.68. The van der Waals surface area contributed by atoms with Gasteiger partial charge in [-0.3, -0.25) is 0 Å². The molecule has 0 amide bonds. The summed E-state index contributed by atoms with van der Waals surface area (Å²) in [4.78, 5) is -0.0195. The van der Waals surface area contributed by atoms with Crippen LogP contribution in [0.25, 0.3) is 0 Å². The standard InChI is InChI=1S/C14H14Cl2N2O2S/c15-11-3-6-13(16)14(9-11)21(19,20)18-8-7-10-1-4-12(17)5-2-10/h1-6,9,18H,7-8,17H2. The van der Waals surface area contributed by atoms with Crippen molar-refractivity contribution in [3.8, 4) is 0 Å². The lowest BCUT2D eigenvalue weighted by molar-refractivity contribution is 0.581. The van der Waals surface area contributed by atoms with Crippen LogP contribution in [0, 0.1) is 0 Å². The van der Waals surface area contributed by atoms with Crippen molar-refractivity contribution in [1.29, 1.82) is 0 Å². The largest absolute Gasteiger partial charge is 0.399 e. The maximum absolute atomic E-state index is 12.2. The Morgan fingerprint density at radius 1 is 1.05 bits per heavy atom. The first kappa shape index (κ1) is 16.1. The Morgan fingerprint density at radius 2 is 1.71 bits per heavy atom. The summed E-state index contributed by atoms with van der Waals surface area (Å²) in [7, 11) is -3.68. The number of nitrogens with two attached hydrogens (primary N) is 1. The number of hydrogen-bond acceptors (Lipinski definition) is 3. The van der Waals surface area contributed by atoms with Crippen molar-refractivity contribution in [2.24, 2.45) is 0 Å². The first-order valence-electron chi connectivity index (χ1n) is 6.17. The second-order valence-corrected chi connectivity index (χ2v) is 7.04. The summed E-state index contributed by atoms with van der Waals surface area (Å²) in [6.45, 7) is 0.259. The van der Waals surface area contributed by atoms with E-state index in [-0.39, 0.29) is 16.5 Å². The number of anilines is 1. The maximum Gasteiger partial charge on any atom is 0.242 e. The van der Waals surface area contributed by atoms with Gasteiger partial charge in [0.2, 0.25) is 10.0 Å². The van der Waals surface area contributed by atoms with Crippen molar-refractivity contribution in [3.05, 3.63) is 58.1 Å². The summed E-state index contributed by atoms with van der Waals surface area (Å²) < 4.78 is 26.9. The first-order valence-corrected chi connectivity index (χ1v) is 8.41. The van der Waals surface area contributed by atoms with Crippen molar-refractivity contribution < 1.29 is 8.42 Å². The van der Waals surface area contributed by atoms with Gasteiger partial charge < -0.3 is 5.73 Å². The van der Waals surface area contributed by atoms with Crippen LogP contribution in [0.1, 0.15) is 5.56 Å². The fourth-order valence-electron chi connectivity index (χ4n) is 1.77. The molecule has 2 aromatic rings. The van der Waals surface area contributed by atoms with E-state index in [9.17, 15) is 8.42 Å². The van der Waals surface area contributed by atoms with Gasteiger partial charge in [0.15, 0.2) is 0 Å². The Hall–Kier alpha value is -1.27. The average Bonchev–Trinajstić information content (AvgIpc) is 2.43. The Bertz CT molecular complexity index is 731. The zero-order valence-electron chi connectivity index (χ0n) is 11.0. The highest BCUT2D eigenvalue weighted by atomic mass is 35.5. The molecule has 7 heteroatoms. The van der Waals surface area contributed by atoms with Gasteiger partial charge in [-0.25, -0.2) is 13.1 Å². The number of nitrogens with one attached hydrogen (secondary N) is 1. The average molecular weight is 345 g/mol. The fraction of sp³-hybridized carbons (Fsp3) is 0.143. The van der Waals surface area contributed by atoms with Crippen LogP contribution in [0.5, 0.6) is 0 Å². The van der Waals surface area contributed by atoms with E-state index in [1.807, 2.05) is 12.1 Å². The minimum absolute atomic E-state index is 0.0195. The molecule has 0 aromatic heterocycles. The molecule has 4 nitrogen and oxygen atoms in total. The molecule has 0 heterocycles. The lowest BCUT2D eigenvalue weighted by Gasteiger charge is -2.09. The van der Waals surface area contributed by atoms with Crippen molar-refractivity contribution in [3.63, 3.8) is 0 Å². The van der Waals surface area contributed by atoms with E-state index in [0.29, 0.717) is 17.1 Å². The highest BCUT2D eigenvalue weighted by Gasteiger charge is 2.17. The van der Waals surface area contributed by atoms with Crippen LogP contribution < -0.4 is 10.5 Å². The van der Waals surface area contributed by atoms with Crippen molar-refractivity contribution >= 4 is 38.9 Å². The highest BCUT2D eigenvalue weighted by Crippen LogP contribution is 2.24. The molecule has 21 heavy (non-hydrogen) atoms. The monoisotopic (exact) mass is 344 g/mol. The predicted octanol–water partition coefficient (Wildman–Crippen LogP) is 3.10. The summed E-state index contributed by atoms with van der Waals surface area (Å²) in [6.07, 6.45) is 0.553. The number of rotatable bonds is 5. The van der Waals surface area contributed by atoms with Gasteiger partial charge in [0, 0.05) is 17.3 Å². The Balaban J connectivity index is 2.04. The fourth-order valence-corrected chi connectivity index (χ4v) is 3.57. The van der Waals surface area contributed by atoms with Gasteiger partial charge in [0.05, 0.1) is 5.02 Å². The predicted molar refractivity (Wildman–Crippen MR) is 86.2 cm³/mol. The third-order valence-electron chi connectivity index (χ3n) is 2.87. The summed E-state index contributed by atoms with van der Waals surface area (Å²) in [5.41, 5.74) is 7.25. The molecule has 0 radical (unpaired) electrons. The maximum atomic E-state index is 12.2. The molecule has 0 aliphatic heterocycles. The molecule has 0 saturated carbocycles. The molecule has 0 unspecified atom stereocenters. The molecule has 3 N–H and O–H groups in total. The SMILES string of the molecule is Nc1ccc(CCNS(=O)(=O)c2cc(Cl)ccc2Cl)cc1. The lowest BCUT2D eigenvalue weighted by Crippen LogP contribution is -2.26. The summed E-state index contributed by atoms with van der Waals surface area (Å²) in [5.74, 6) is 0. The van der Waals surface area contributed by atoms with E-state index in [1.165, 1.54) is 18.2 Å². The molecule has 0 saturated heterocycles. The zero-order valence-corrected chi connectivity index (χ0v) is 13.3. The third-order valence-corrected chi connectivity index (χ3v) is 5.05. The van der Waals surface area contributed by atoms with Crippen LogP contribution >= 0.6 is 23.2 Å². The number of halogens is 2. The van der Waals surface area contributed by atoms with E-state index < -0.39 is 10.0 Å². The van der Waals surface area contributed by atoms with Crippen LogP contribution in [-0.2, 0) is 16.4 Å². The van der Waals surface area contributed by atoms with Crippen molar-refractivity contribution in [2.75, 3.05) is 12.3 Å². The molecule has 0 fully saturated rings. The molecule has 112 valence electrons. The van der Waals surface area contributed by atoms with E-state index >= 15 is 0 Å². The van der Waals surface area contributed by atoms with Crippen molar-refractivity contribution in [1.82, 2.24) is 4.72 Å². The molecule has 2 rings (SSSR count). The second-order valence-electron chi connectivity index (χ2n) is 4.46. The van der Waals surface area contributed by atoms with Crippen molar-refractivity contribution in [2.45, 2.75) is 11.3 Å². The van der Waals surface area contributed by atoms with Crippen LogP contribution in [-0.4, -0.2) is 15.0 Å². The molecular weight excluding hydrogens is 331 g/mol. The molecule has 0 bridgehead atoms. The van der Waals surface area contributed by atoms with Crippen LogP contribution in [0.15, 0.2) is 47.4 Å². The number of sulfonamides is 1. The molecule has 0 atom stereocenters. The van der Waals surface area contributed by atoms with Crippen LogP contribution in [0.3, 0.4) is 0 Å². The Kier molecular flexibility index (Phi) is 5.11. The van der Waals surface area contributed by atoms with Gasteiger partial charge in [-0.2, -0.15) is 0 Å². The van der Waals surface area contributed by atoms with Gasteiger partial charge in [0.25, 0.3) is 0 Å². The third kappa shape index (κ3) is 4.35. The summed E-state index contributed by atoms with van der Waals surface area (Å²) in [5, 5.41) is 0.456.